The van der Waals surface area contributed by atoms with Crippen molar-refractivity contribution in [1.82, 2.24) is 4.98 Å². The zero-order valence-electron chi connectivity index (χ0n) is 12.4. The van der Waals surface area contributed by atoms with E-state index in [-0.39, 0.29) is 5.78 Å². The molecular weight excluding hydrogens is 390 g/mol. The molecule has 0 radical (unpaired) electrons. The molecule has 3 nitrogen and oxygen atoms in total. The number of halogens is 2. The van der Waals surface area contributed by atoms with Gasteiger partial charge in [-0.3, -0.25) is 9.78 Å². The molecule has 4 rings (SSSR count). The van der Waals surface area contributed by atoms with E-state index in [1.54, 1.807) is 24.5 Å². The van der Waals surface area contributed by atoms with Crippen LogP contribution in [0.2, 0.25) is 5.02 Å². The van der Waals surface area contributed by atoms with E-state index < -0.39 is 0 Å². The van der Waals surface area contributed by atoms with E-state index in [0.29, 0.717) is 28.5 Å². The van der Waals surface area contributed by atoms with Gasteiger partial charge in [0, 0.05) is 34.4 Å². The van der Waals surface area contributed by atoms with Gasteiger partial charge >= 0.3 is 0 Å². The number of ketones is 1. The number of pyridine rings is 1. The fourth-order valence-corrected chi connectivity index (χ4v) is 3.30. The third-order valence-corrected chi connectivity index (χ3v) is 4.61. The summed E-state index contributed by atoms with van der Waals surface area (Å²) in [6, 6.07) is 13.1. The molecule has 3 aromatic rings. The number of Topliss-reactive ketones (excluding diaryl/α,β-unsaturated/α-hetero) is 1. The summed E-state index contributed by atoms with van der Waals surface area (Å²) >= 11 is 9.42. The van der Waals surface area contributed by atoms with Crippen molar-refractivity contribution < 1.29 is 9.53 Å². The molecule has 0 saturated heterocycles. The smallest absolute Gasteiger partial charge is 0.171 e. The molecule has 24 heavy (non-hydrogen) atoms. The SMILES string of the molecule is O=C1Cc2cc(-c3cncc(Cl)c3)ccc2Oc2ccc(Br)cc21. The lowest BCUT2D eigenvalue weighted by molar-refractivity contribution is 0.0993. The zero-order chi connectivity index (χ0) is 16.7. The van der Waals surface area contributed by atoms with Crippen LogP contribution in [-0.4, -0.2) is 10.8 Å². The number of benzene rings is 2. The molecule has 0 saturated carbocycles. The topological polar surface area (TPSA) is 39.2 Å². The Morgan fingerprint density at radius 2 is 1.83 bits per heavy atom. The maximum absolute atomic E-state index is 12.6. The van der Waals surface area contributed by atoms with Crippen LogP contribution in [0.25, 0.3) is 11.1 Å². The molecule has 0 N–H and O–H groups in total. The summed E-state index contributed by atoms with van der Waals surface area (Å²) in [7, 11) is 0. The van der Waals surface area contributed by atoms with Gasteiger partial charge < -0.3 is 4.74 Å². The van der Waals surface area contributed by atoms with Crippen molar-refractivity contribution in [2.45, 2.75) is 6.42 Å². The van der Waals surface area contributed by atoms with Crippen molar-refractivity contribution in [2.24, 2.45) is 0 Å². The summed E-state index contributed by atoms with van der Waals surface area (Å²) in [5.74, 6) is 1.31. The Morgan fingerprint density at radius 3 is 2.67 bits per heavy atom. The molecule has 2 aromatic carbocycles. The van der Waals surface area contributed by atoms with Crippen molar-refractivity contribution in [3.05, 3.63) is 75.5 Å². The zero-order valence-corrected chi connectivity index (χ0v) is 14.8. The van der Waals surface area contributed by atoms with Crippen LogP contribution >= 0.6 is 27.5 Å². The van der Waals surface area contributed by atoms with Crippen molar-refractivity contribution in [2.75, 3.05) is 0 Å². The summed E-state index contributed by atoms with van der Waals surface area (Å²) in [5, 5.41) is 0.576. The van der Waals surface area contributed by atoms with Gasteiger partial charge in [-0.05, 0) is 42.0 Å². The standard InChI is InChI=1S/C19H11BrClNO2/c20-14-2-4-19-16(8-14)17(23)7-12-5-11(1-3-18(12)24-19)13-6-15(21)10-22-9-13/h1-6,8-10H,7H2. The average molecular weight is 401 g/mol. The van der Waals surface area contributed by atoms with Crippen molar-refractivity contribution in [3.63, 3.8) is 0 Å². The number of carbonyl (C=O) groups excluding carboxylic acids is 1. The lowest BCUT2D eigenvalue weighted by atomic mass is 9.99. The van der Waals surface area contributed by atoms with Crippen LogP contribution < -0.4 is 4.74 Å². The van der Waals surface area contributed by atoms with E-state index in [1.165, 1.54) is 0 Å². The predicted molar refractivity (Wildman–Crippen MR) is 96.9 cm³/mol. The van der Waals surface area contributed by atoms with Crippen LogP contribution in [0.5, 0.6) is 11.5 Å². The molecule has 0 fully saturated rings. The predicted octanol–water partition coefficient (Wildman–Crippen LogP) is 5.70. The average Bonchev–Trinajstić information content (AvgIpc) is 2.70. The van der Waals surface area contributed by atoms with Gasteiger partial charge in [0.15, 0.2) is 5.78 Å². The van der Waals surface area contributed by atoms with Gasteiger partial charge in [0.05, 0.1) is 10.6 Å². The second kappa shape index (κ2) is 6.04. The lowest BCUT2D eigenvalue weighted by Gasteiger charge is -2.10. The number of carbonyl (C=O) groups is 1. The Morgan fingerprint density at radius 1 is 1.00 bits per heavy atom. The minimum atomic E-state index is 0.0337. The van der Waals surface area contributed by atoms with Crippen molar-refractivity contribution >= 4 is 33.3 Å². The number of hydrogen-bond acceptors (Lipinski definition) is 3. The fourth-order valence-electron chi connectivity index (χ4n) is 2.76. The van der Waals surface area contributed by atoms with Gasteiger partial charge in [0.1, 0.15) is 11.5 Å². The van der Waals surface area contributed by atoms with Crippen LogP contribution in [0, 0.1) is 0 Å². The number of hydrogen-bond donors (Lipinski definition) is 0. The highest BCUT2D eigenvalue weighted by Gasteiger charge is 2.22. The lowest BCUT2D eigenvalue weighted by Crippen LogP contribution is -2.01. The molecule has 2 heterocycles. The molecule has 0 amide bonds. The fraction of sp³-hybridized carbons (Fsp3) is 0.0526. The largest absolute Gasteiger partial charge is 0.456 e. The summed E-state index contributed by atoms with van der Waals surface area (Å²) in [4.78, 5) is 16.7. The second-order valence-electron chi connectivity index (χ2n) is 5.56. The summed E-state index contributed by atoms with van der Waals surface area (Å²) in [6.45, 7) is 0. The Hall–Kier alpha value is -2.17. The first-order valence-corrected chi connectivity index (χ1v) is 8.52. The number of fused-ring (bicyclic) bond motifs is 2. The van der Waals surface area contributed by atoms with E-state index >= 15 is 0 Å². The number of nitrogens with zero attached hydrogens (tertiary/aromatic N) is 1. The molecule has 118 valence electrons. The molecule has 1 aromatic heterocycles. The van der Waals surface area contributed by atoms with Crippen LogP contribution in [0.1, 0.15) is 15.9 Å². The Labute approximate surface area is 152 Å². The van der Waals surface area contributed by atoms with Gasteiger partial charge in [-0.2, -0.15) is 0 Å². The quantitative estimate of drug-likeness (QED) is 0.526. The van der Waals surface area contributed by atoms with Gasteiger partial charge in [-0.15, -0.1) is 0 Å². The molecule has 0 atom stereocenters. The summed E-state index contributed by atoms with van der Waals surface area (Å²) in [5.41, 5.74) is 3.30. The maximum Gasteiger partial charge on any atom is 0.171 e. The molecule has 5 heteroatoms. The van der Waals surface area contributed by atoms with Gasteiger partial charge in [-0.1, -0.05) is 33.6 Å². The molecular formula is C19H11BrClNO2. The highest BCUT2D eigenvalue weighted by atomic mass is 79.9. The molecule has 1 aliphatic heterocycles. The van der Waals surface area contributed by atoms with Gasteiger partial charge in [0.25, 0.3) is 0 Å². The van der Waals surface area contributed by atoms with E-state index in [0.717, 1.165) is 21.2 Å². The molecule has 0 unspecified atom stereocenters. The Bertz CT molecular complexity index is 971. The summed E-state index contributed by atoms with van der Waals surface area (Å²) < 4.78 is 6.82. The minimum Gasteiger partial charge on any atom is -0.456 e. The van der Waals surface area contributed by atoms with E-state index in [2.05, 4.69) is 20.9 Å². The monoisotopic (exact) mass is 399 g/mol. The Kier molecular flexibility index (Phi) is 3.87. The van der Waals surface area contributed by atoms with Crippen LogP contribution in [-0.2, 0) is 6.42 Å². The number of aromatic nitrogens is 1. The first-order chi connectivity index (χ1) is 11.6. The van der Waals surface area contributed by atoms with E-state index in [9.17, 15) is 4.79 Å². The highest BCUT2D eigenvalue weighted by molar-refractivity contribution is 9.10. The van der Waals surface area contributed by atoms with Gasteiger partial charge in [0.2, 0.25) is 0 Å². The van der Waals surface area contributed by atoms with Gasteiger partial charge in [-0.25, -0.2) is 0 Å². The first kappa shape index (κ1) is 15.4. The maximum atomic E-state index is 12.6. The molecule has 0 spiro atoms. The molecule has 0 bridgehead atoms. The summed E-state index contributed by atoms with van der Waals surface area (Å²) in [6.07, 6.45) is 3.63. The number of ether oxygens (including phenoxy) is 1. The third-order valence-electron chi connectivity index (χ3n) is 3.91. The number of rotatable bonds is 1. The Balaban J connectivity index is 1.79. The third kappa shape index (κ3) is 2.83. The van der Waals surface area contributed by atoms with Crippen LogP contribution in [0.15, 0.2) is 59.3 Å². The normalized spacial score (nSPS) is 12.8. The first-order valence-electron chi connectivity index (χ1n) is 7.34. The second-order valence-corrected chi connectivity index (χ2v) is 6.91. The van der Waals surface area contributed by atoms with Crippen molar-refractivity contribution in [1.29, 1.82) is 0 Å². The highest BCUT2D eigenvalue weighted by Crippen LogP contribution is 2.37. The molecule has 1 aliphatic rings. The van der Waals surface area contributed by atoms with E-state index in [4.69, 9.17) is 16.3 Å². The van der Waals surface area contributed by atoms with Crippen LogP contribution in [0.4, 0.5) is 0 Å². The van der Waals surface area contributed by atoms with E-state index in [1.807, 2.05) is 30.3 Å². The molecule has 0 aliphatic carbocycles. The minimum absolute atomic E-state index is 0.0337. The van der Waals surface area contributed by atoms with Crippen LogP contribution in [0.3, 0.4) is 0 Å². The van der Waals surface area contributed by atoms with Crippen molar-refractivity contribution in [3.8, 4) is 22.6 Å².